The van der Waals surface area contributed by atoms with Gasteiger partial charge >= 0.3 is 0 Å². The van der Waals surface area contributed by atoms with Crippen LogP contribution in [0.15, 0.2) is 24.3 Å². The van der Waals surface area contributed by atoms with E-state index in [4.69, 9.17) is 9.47 Å². The molecule has 3 unspecified atom stereocenters. The topological polar surface area (TPSA) is 18.5 Å². The molecular formula is C16H23IO2. The minimum atomic E-state index is 0.182. The molecule has 106 valence electrons. The Morgan fingerprint density at radius 2 is 2.11 bits per heavy atom. The minimum Gasteiger partial charge on any atom is -0.497 e. The number of ether oxygens (including phenoxy) is 2. The van der Waals surface area contributed by atoms with Crippen LogP contribution in [-0.4, -0.2) is 17.6 Å². The Kier molecular flexibility index (Phi) is 5.95. The zero-order chi connectivity index (χ0) is 13.7. The number of methoxy groups -OCH3 is 1. The fourth-order valence-electron chi connectivity index (χ4n) is 2.74. The second-order valence-electron chi connectivity index (χ2n) is 5.36. The molecule has 1 fully saturated rings. The van der Waals surface area contributed by atoms with Gasteiger partial charge in [0, 0.05) is 4.43 Å². The van der Waals surface area contributed by atoms with Crippen molar-refractivity contribution in [2.24, 2.45) is 5.92 Å². The maximum Gasteiger partial charge on any atom is 0.119 e. The summed E-state index contributed by atoms with van der Waals surface area (Å²) in [6.45, 7) is 2.32. The average Bonchev–Trinajstić information content (AvgIpc) is 2.46. The van der Waals surface area contributed by atoms with Crippen molar-refractivity contribution in [3.05, 3.63) is 29.8 Å². The maximum absolute atomic E-state index is 6.38. The highest BCUT2D eigenvalue weighted by Gasteiger charge is 2.25. The van der Waals surface area contributed by atoms with Crippen molar-refractivity contribution in [2.75, 3.05) is 11.5 Å². The average molecular weight is 374 g/mol. The first-order valence-electron chi connectivity index (χ1n) is 7.10. The number of alkyl halides is 1. The van der Waals surface area contributed by atoms with Gasteiger partial charge in [0.25, 0.3) is 0 Å². The molecule has 1 aromatic carbocycles. The number of hydrogen-bond acceptors (Lipinski definition) is 2. The van der Waals surface area contributed by atoms with Crippen LogP contribution in [0.5, 0.6) is 5.75 Å². The van der Waals surface area contributed by atoms with Crippen LogP contribution < -0.4 is 4.74 Å². The van der Waals surface area contributed by atoms with E-state index in [1.807, 2.05) is 12.1 Å². The minimum absolute atomic E-state index is 0.182. The summed E-state index contributed by atoms with van der Waals surface area (Å²) in [5, 5.41) is 0. The van der Waals surface area contributed by atoms with E-state index in [-0.39, 0.29) is 6.10 Å². The van der Waals surface area contributed by atoms with Gasteiger partial charge in [-0.25, -0.2) is 0 Å². The van der Waals surface area contributed by atoms with E-state index in [1.54, 1.807) is 7.11 Å². The van der Waals surface area contributed by atoms with E-state index < -0.39 is 0 Å². The summed E-state index contributed by atoms with van der Waals surface area (Å²) < 4.78 is 12.7. The molecule has 0 aromatic heterocycles. The van der Waals surface area contributed by atoms with Gasteiger partial charge in [-0.2, -0.15) is 0 Å². The molecule has 0 N–H and O–H groups in total. The lowest BCUT2D eigenvalue weighted by molar-refractivity contribution is -0.0462. The largest absolute Gasteiger partial charge is 0.497 e. The van der Waals surface area contributed by atoms with Gasteiger partial charge in [0.05, 0.1) is 19.3 Å². The SMILES string of the molecule is COc1cccc(C(CI)OC2CCCCC2C)c1. The van der Waals surface area contributed by atoms with Crippen LogP contribution in [0, 0.1) is 5.92 Å². The summed E-state index contributed by atoms with van der Waals surface area (Å²) in [6, 6.07) is 8.26. The monoisotopic (exact) mass is 374 g/mol. The van der Waals surface area contributed by atoms with Crippen LogP contribution in [0.1, 0.15) is 44.3 Å². The predicted molar refractivity (Wildman–Crippen MR) is 87.1 cm³/mol. The highest BCUT2D eigenvalue weighted by Crippen LogP contribution is 2.32. The van der Waals surface area contributed by atoms with Crippen molar-refractivity contribution in [2.45, 2.75) is 44.8 Å². The van der Waals surface area contributed by atoms with Crippen molar-refractivity contribution in [1.82, 2.24) is 0 Å². The summed E-state index contributed by atoms with van der Waals surface area (Å²) >= 11 is 2.41. The van der Waals surface area contributed by atoms with Gasteiger partial charge in [-0.05, 0) is 36.5 Å². The summed E-state index contributed by atoms with van der Waals surface area (Å²) in [4.78, 5) is 0. The molecule has 2 rings (SSSR count). The lowest BCUT2D eigenvalue weighted by atomic mass is 9.88. The molecule has 0 amide bonds. The van der Waals surface area contributed by atoms with Gasteiger partial charge in [-0.15, -0.1) is 0 Å². The third-order valence-electron chi connectivity index (χ3n) is 3.98. The van der Waals surface area contributed by atoms with Gasteiger partial charge < -0.3 is 9.47 Å². The molecule has 1 aliphatic rings. The number of rotatable bonds is 5. The number of benzene rings is 1. The molecule has 0 spiro atoms. The Bertz CT molecular complexity index is 394. The molecule has 2 nitrogen and oxygen atoms in total. The Morgan fingerprint density at radius 3 is 2.79 bits per heavy atom. The normalized spacial score (nSPS) is 25.0. The molecule has 19 heavy (non-hydrogen) atoms. The molecular weight excluding hydrogens is 351 g/mol. The van der Waals surface area contributed by atoms with Crippen molar-refractivity contribution >= 4 is 22.6 Å². The summed E-state index contributed by atoms with van der Waals surface area (Å²) in [5.41, 5.74) is 1.23. The van der Waals surface area contributed by atoms with Gasteiger partial charge in [0.2, 0.25) is 0 Å². The van der Waals surface area contributed by atoms with E-state index in [0.29, 0.717) is 12.0 Å². The van der Waals surface area contributed by atoms with Crippen molar-refractivity contribution in [3.63, 3.8) is 0 Å². The Balaban J connectivity index is 2.06. The zero-order valence-electron chi connectivity index (χ0n) is 11.8. The van der Waals surface area contributed by atoms with Crippen LogP contribution in [-0.2, 0) is 4.74 Å². The van der Waals surface area contributed by atoms with Crippen LogP contribution in [0.3, 0.4) is 0 Å². The molecule has 0 heterocycles. The van der Waals surface area contributed by atoms with Gasteiger partial charge in [-0.1, -0.05) is 54.5 Å². The van der Waals surface area contributed by atoms with Crippen LogP contribution in [0.25, 0.3) is 0 Å². The summed E-state index contributed by atoms with van der Waals surface area (Å²) in [5.74, 6) is 1.59. The van der Waals surface area contributed by atoms with Gasteiger partial charge in [0.1, 0.15) is 5.75 Å². The van der Waals surface area contributed by atoms with E-state index in [1.165, 1.54) is 31.2 Å². The molecule has 0 bridgehead atoms. The van der Waals surface area contributed by atoms with Gasteiger partial charge in [-0.3, -0.25) is 0 Å². The first-order valence-corrected chi connectivity index (χ1v) is 8.62. The second kappa shape index (κ2) is 7.48. The fourth-order valence-corrected chi connectivity index (χ4v) is 3.46. The number of hydrogen-bond donors (Lipinski definition) is 0. The molecule has 3 heteroatoms. The third-order valence-corrected chi connectivity index (χ3v) is 4.78. The molecule has 0 saturated heterocycles. The first kappa shape index (κ1) is 15.1. The predicted octanol–water partition coefficient (Wildman–Crippen LogP) is 4.77. The summed E-state index contributed by atoms with van der Waals surface area (Å²) in [6.07, 6.45) is 5.77. The number of halogens is 1. The molecule has 3 atom stereocenters. The third kappa shape index (κ3) is 4.09. The maximum atomic E-state index is 6.38. The van der Waals surface area contributed by atoms with Crippen molar-refractivity contribution in [1.29, 1.82) is 0 Å². The standard InChI is InChI=1S/C16H23IO2/c1-12-6-3-4-9-15(12)19-16(11-17)13-7-5-8-14(10-13)18-2/h5,7-8,10,12,15-16H,3-4,6,9,11H2,1-2H3. The highest BCUT2D eigenvalue weighted by atomic mass is 127. The Hall–Kier alpha value is -0.290. The van der Waals surface area contributed by atoms with Crippen LogP contribution >= 0.6 is 22.6 Å². The second-order valence-corrected chi connectivity index (χ2v) is 6.24. The Morgan fingerprint density at radius 1 is 1.32 bits per heavy atom. The summed E-state index contributed by atoms with van der Waals surface area (Å²) in [7, 11) is 1.71. The van der Waals surface area contributed by atoms with Crippen molar-refractivity contribution in [3.8, 4) is 5.75 Å². The molecule has 1 saturated carbocycles. The quantitative estimate of drug-likeness (QED) is 0.546. The molecule has 0 radical (unpaired) electrons. The smallest absolute Gasteiger partial charge is 0.119 e. The van der Waals surface area contributed by atoms with E-state index in [0.717, 1.165) is 10.2 Å². The van der Waals surface area contributed by atoms with Crippen LogP contribution in [0.4, 0.5) is 0 Å². The lowest BCUT2D eigenvalue weighted by Gasteiger charge is -2.32. The van der Waals surface area contributed by atoms with Crippen LogP contribution in [0.2, 0.25) is 0 Å². The Labute approximate surface area is 130 Å². The lowest BCUT2D eigenvalue weighted by Crippen LogP contribution is -2.27. The van der Waals surface area contributed by atoms with E-state index in [9.17, 15) is 0 Å². The zero-order valence-corrected chi connectivity index (χ0v) is 13.9. The molecule has 1 aliphatic carbocycles. The van der Waals surface area contributed by atoms with Crippen molar-refractivity contribution < 1.29 is 9.47 Å². The van der Waals surface area contributed by atoms with E-state index in [2.05, 4.69) is 41.6 Å². The fraction of sp³-hybridized carbons (Fsp3) is 0.625. The highest BCUT2D eigenvalue weighted by molar-refractivity contribution is 14.1. The first-order chi connectivity index (χ1) is 9.24. The molecule has 1 aromatic rings. The van der Waals surface area contributed by atoms with Gasteiger partial charge in [0.15, 0.2) is 0 Å². The molecule has 0 aliphatic heterocycles. The van der Waals surface area contributed by atoms with E-state index >= 15 is 0 Å².